The molecule has 0 saturated carbocycles. The molecule has 2 aromatic heterocycles. The van der Waals surface area contributed by atoms with Crippen molar-refractivity contribution in [2.75, 3.05) is 0 Å². The number of para-hydroxylation sites is 1. The van der Waals surface area contributed by atoms with Crippen molar-refractivity contribution >= 4 is 50.1 Å². The van der Waals surface area contributed by atoms with E-state index in [1.165, 1.54) is 11.3 Å². The minimum Gasteiger partial charge on any atom is -0.317 e. The van der Waals surface area contributed by atoms with Crippen LogP contribution in [0.1, 0.15) is 13.8 Å². The van der Waals surface area contributed by atoms with Crippen LogP contribution in [0.2, 0.25) is 0 Å². The Morgan fingerprint density at radius 1 is 1.37 bits per heavy atom. The molecule has 2 heterocycles. The summed E-state index contributed by atoms with van der Waals surface area (Å²) in [6, 6.07) is 7.85. The molecular formula is C12H13NO3PS2+. The molecule has 3 aromatic rings. The molecule has 0 spiro atoms. The van der Waals surface area contributed by atoms with Gasteiger partial charge in [0, 0.05) is 6.07 Å². The Morgan fingerprint density at radius 3 is 2.84 bits per heavy atom. The van der Waals surface area contributed by atoms with Gasteiger partial charge in [0.1, 0.15) is 4.70 Å². The Balaban J connectivity index is 2.27. The lowest BCUT2D eigenvalue weighted by atomic mass is 10.3. The summed E-state index contributed by atoms with van der Waals surface area (Å²) in [5, 5.41) is 1.71. The molecule has 0 saturated heterocycles. The molecule has 4 nitrogen and oxygen atoms in total. The zero-order chi connectivity index (χ0) is 13.6. The van der Waals surface area contributed by atoms with Crippen molar-refractivity contribution in [2.45, 2.75) is 20.0 Å². The fraction of sp³-hybridized carbons (Fsp3) is 0.250. The number of nitrogens with zero attached hydrogens (tertiary/aromatic N) is 1. The van der Waals surface area contributed by atoms with Crippen LogP contribution in [-0.4, -0.2) is 11.0 Å². The molecule has 0 bridgehead atoms. The van der Waals surface area contributed by atoms with Gasteiger partial charge in [-0.3, -0.25) is 4.52 Å². The van der Waals surface area contributed by atoms with Crippen LogP contribution in [0.5, 0.6) is 0 Å². The fourth-order valence-corrected chi connectivity index (χ4v) is 6.02. The molecule has 7 heteroatoms. The molecule has 3 rings (SSSR count). The molecule has 1 unspecified atom stereocenters. The minimum absolute atomic E-state index is 0.295. The van der Waals surface area contributed by atoms with Gasteiger partial charge in [-0.15, -0.1) is 4.40 Å². The highest BCUT2D eigenvalue weighted by Crippen LogP contribution is 2.42. The van der Waals surface area contributed by atoms with Gasteiger partial charge in [0.2, 0.25) is 5.52 Å². The second-order valence-electron chi connectivity index (χ2n) is 4.44. The Bertz CT molecular complexity index is 793. The molecule has 1 aromatic carbocycles. The van der Waals surface area contributed by atoms with E-state index in [0.717, 1.165) is 14.4 Å². The molecule has 0 aliphatic carbocycles. The quantitative estimate of drug-likeness (QED) is 0.597. The van der Waals surface area contributed by atoms with Crippen molar-refractivity contribution in [1.29, 1.82) is 0 Å². The van der Waals surface area contributed by atoms with E-state index in [2.05, 4.69) is 0 Å². The van der Waals surface area contributed by atoms with E-state index < -0.39 is 7.60 Å². The molecule has 0 aliphatic rings. The summed E-state index contributed by atoms with van der Waals surface area (Å²) in [5.74, 6) is 0. The van der Waals surface area contributed by atoms with E-state index in [1.807, 2.05) is 28.7 Å². The van der Waals surface area contributed by atoms with Gasteiger partial charge < -0.3 is 4.89 Å². The molecule has 1 N–H and O–H groups in total. The first-order chi connectivity index (χ1) is 8.99. The molecule has 19 heavy (non-hydrogen) atoms. The van der Waals surface area contributed by atoms with Crippen LogP contribution in [0.4, 0.5) is 0 Å². The van der Waals surface area contributed by atoms with Crippen LogP contribution in [0.15, 0.2) is 29.6 Å². The number of thiazole rings is 2. The summed E-state index contributed by atoms with van der Waals surface area (Å²) in [5.41, 5.74) is 1.29. The Labute approximate surface area is 118 Å². The van der Waals surface area contributed by atoms with Crippen LogP contribution in [0, 0.1) is 0 Å². The maximum atomic E-state index is 12.4. The lowest BCUT2D eigenvalue weighted by molar-refractivity contribution is -0.453. The van der Waals surface area contributed by atoms with E-state index in [9.17, 15) is 9.46 Å². The first-order valence-corrected chi connectivity index (χ1v) is 9.09. The second kappa shape index (κ2) is 4.65. The van der Waals surface area contributed by atoms with Crippen LogP contribution in [0.25, 0.3) is 14.4 Å². The van der Waals surface area contributed by atoms with Gasteiger partial charge in [0.15, 0.2) is 0 Å². The van der Waals surface area contributed by atoms with Crippen molar-refractivity contribution in [3.63, 3.8) is 0 Å². The summed E-state index contributed by atoms with van der Waals surface area (Å²) in [6.45, 7) is 3.51. The summed E-state index contributed by atoms with van der Waals surface area (Å²) in [4.78, 5) is 10.1. The van der Waals surface area contributed by atoms with Gasteiger partial charge in [-0.05, 0) is 19.9 Å². The van der Waals surface area contributed by atoms with Crippen LogP contribution < -0.4 is 9.84 Å². The van der Waals surface area contributed by atoms with Gasteiger partial charge in [0.25, 0.3) is 0 Å². The highest BCUT2D eigenvalue weighted by atomic mass is 32.2. The highest BCUT2D eigenvalue weighted by Gasteiger charge is 2.37. The Kier molecular flexibility index (Phi) is 3.23. The molecular weight excluding hydrogens is 301 g/mol. The number of rotatable bonds is 3. The normalized spacial score (nSPS) is 15.4. The van der Waals surface area contributed by atoms with Gasteiger partial charge >= 0.3 is 17.2 Å². The van der Waals surface area contributed by atoms with Crippen molar-refractivity contribution in [1.82, 2.24) is 0 Å². The Hall–Kier alpha value is -0.780. The minimum atomic E-state index is -3.79. The highest BCUT2D eigenvalue weighted by molar-refractivity contribution is 7.61. The van der Waals surface area contributed by atoms with Crippen LogP contribution in [-0.2, 0) is 9.09 Å². The SMILES string of the molecule is CC(C)OP(=O)(O)c1csc2sc3ccccc3[n+]12. The smallest absolute Gasteiger partial charge is 0.317 e. The second-order valence-corrected chi connectivity index (χ2v) is 8.30. The van der Waals surface area contributed by atoms with E-state index in [1.54, 1.807) is 30.6 Å². The van der Waals surface area contributed by atoms with Gasteiger partial charge in [0.05, 0.1) is 11.5 Å². The number of hydrogen-bond acceptors (Lipinski definition) is 4. The molecule has 0 amide bonds. The van der Waals surface area contributed by atoms with E-state index in [0.29, 0.717) is 5.44 Å². The predicted molar refractivity (Wildman–Crippen MR) is 78.5 cm³/mol. The van der Waals surface area contributed by atoms with E-state index in [4.69, 9.17) is 4.52 Å². The molecule has 100 valence electrons. The van der Waals surface area contributed by atoms with Gasteiger partial charge in [-0.25, -0.2) is 4.57 Å². The van der Waals surface area contributed by atoms with Gasteiger partial charge in [-0.1, -0.05) is 34.8 Å². The third-order valence-electron chi connectivity index (χ3n) is 2.62. The molecule has 0 aliphatic heterocycles. The lowest BCUT2D eigenvalue weighted by Crippen LogP contribution is -2.36. The van der Waals surface area contributed by atoms with Crippen molar-refractivity contribution in [3.8, 4) is 0 Å². The molecule has 0 radical (unpaired) electrons. The fourth-order valence-electron chi connectivity index (χ4n) is 1.95. The summed E-state index contributed by atoms with van der Waals surface area (Å²) < 4.78 is 21.5. The van der Waals surface area contributed by atoms with E-state index >= 15 is 0 Å². The van der Waals surface area contributed by atoms with Crippen molar-refractivity contribution in [2.24, 2.45) is 0 Å². The summed E-state index contributed by atoms with van der Waals surface area (Å²) >= 11 is 3.07. The first kappa shape index (κ1) is 13.2. The van der Waals surface area contributed by atoms with Gasteiger partial charge in [-0.2, -0.15) is 0 Å². The average Bonchev–Trinajstić information content (AvgIpc) is 2.84. The molecule has 0 fully saturated rings. The number of fused-ring (bicyclic) bond motifs is 3. The average molecular weight is 314 g/mol. The first-order valence-electron chi connectivity index (χ1n) is 5.81. The third-order valence-corrected chi connectivity index (χ3v) is 6.60. The maximum absolute atomic E-state index is 12.4. The molecule has 1 atom stereocenters. The number of aromatic nitrogens is 1. The summed E-state index contributed by atoms with van der Waals surface area (Å²) in [6.07, 6.45) is -0.295. The maximum Gasteiger partial charge on any atom is 0.423 e. The number of benzene rings is 1. The largest absolute Gasteiger partial charge is 0.423 e. The lowest BCUT2D eigenvalue weighted by Gasteiger charge is -2.09. The monoisotopic (exact) mass is 314 g/mol. The standard InChI is InChI=1S/C12H12NO3PS2/c1-8(2)16-17(14,15)11-7-18-12-13(11)9-5-3-4-6-10(9)19-12/h3-8H,1-2H3/p+1. The van der Waals surface area contributed by atoms with E-state index in [-0.39, 0.29) is 6.10 Å². The predicted octanol–water partition coefficient (Wildman–Crippen LogP) is 2.94. The van der Waals surface area contributed by atoms with Crippen molar-refractivity contribution < 1.29 is 18.4 Å². The van der Waals surface area contributed by atoms with Crippen molar-refractivity contribution in [3.05, 3.63) is 29.6 Å². The van der Waals surface area contributed by atoms with Crippen LogP contribution in [0.3, 0.4) is 0 Å². The zero-order valence-electron chi connectivity index (χ0n) is 10.4. The Morgan fingerprint density at radius 2 is 2.11 bits per heavy atom. The topological polar surface area (TPSA) is 50.6 Å². The summed E-state index contributed by atoms with van der Waals surface area (Å²) in [7, 11) is -3.79. The third kappa shape index (κ3) is 2.24. The zero-order valence-corrected chi connectivity index (χ0v) is 13.0. The number of hydrogen-bond donors (Lipinski definition) is 1. The van der Waals surface area contributed by atoms with Crippen LogP contribution >= 0.6 is 30.3 Å².